The summed E-state index contributed by atoms with van der Waals surface area (Å²) in [6.45, 7) is 6.28. The Morgan fingerprint density at radius 1 is 1.15 bits per heavy atom. The number of fused-ring (bicyclic) bond motifs is 1. The van der Waals surface area contributed by atoms with E-state index in [2.05, 4.69) is 42.6 Å². The van der Waals surface area contributed by atoms with Gasteiger partial charge in [-0.1, -0.05) is 6.07 Å². The molecule has 0 amide bonds. The molecule has 0 bridgehead atoms. The van der Waals surface area contributed by atoms with E-state index in [1.807, 2.05) is 6.92 Å². The van der Waals surface area contributed by atoms with Gasteiger partial charge < -0.3 is 4.57 Å². The lowest BCUT2D eigenvalue weighted by molar-refractivity contribution is 0.883. The molecule has 1 aromatic heterocycles. The minimum Gasteiger partial charge on any atom is -0.331 e. The van der Waals surface area contributed by atoms with E-state index < -0.39 is 0 Å². The second-order valence-electron chi connectivity index (χ2n) is 3.67. The highest BCUT2D eigenvalue weighted by Gasteiger charge is 2.06. The summed E-state index contributed by atoms with van der Waals surface area (Å²) in [5.74, 6) is 1.07. The molecule has 0 saturated heterocycles. The van der Waals surface area contributed by atoms with Crippen molar-refractivity contribution in [2.24, 2.45) is 7.05 Å². The molecule has 2 nitrogen and oxygen atoms in total. The zero-order valence-corrected chi connectivity index (χ0v) is 8.55. The Kier molecular flexibility index (Phi) is 1.65. The first-order valence-corrected chi connectivity index (χ1v) is 4.50. The van der Waals surface area contributed by atoms with E-state index in [9.17, 15) is 0 Å². The number of rotatable bonds is 0. The van der Waals surface area contributed by atoms with Gasteiger partial charge in [0.25, 0.3) is 0 Å². The summed E-state index contributed by atoms with van der Waals surface area (Å²) in [6.07, 6.45) is 0. The molecule has 0 aliphatic rings. The third-order valence-electron chi connectivity index (χ3n) is 2.53. The van der Waals surface area contributed by atoms with Crippen LogP contribution in [0.3, 0.4) is 0 Å². The topological polar surface area (TPSA) is 17.8 Å². The van der Waals surface area contributed by atoms with Gasteiger partial charge in [0.15, 0.2) is 0 Å². The van der Waals surface area contributed by atoms with Crippen molar-refractivity contribution in [3.8, 4) is 0 Å². The second kappa shape index (κ2) is 2.59. The van der Waals surface area contributed by atoms with Crippen LogP contribution in [0, 0.1) is 20.8 Å². The zero-order valence-electron chi connectivity index (χ0n) is 8.55. The Bertz CT molecular complexity index is 466. The van der Waals surface area contributed by atoms with Gasteiger partial charge in [0.05, 0.1) is 11.0 Å². The molecular weight excluding hydrogens is 160 g/mol. The molecule has 0 saturated carbocycles. The standard InChI is InChI=1S/C11H14N2/c1-7-5-8(2)11-10(6-7)12-9(3)13(11)4/h5-6H,1-4H3. The van der Waals surface area contributed by atoms with Gasteiger partial charge in [-0.2, -0.15) is 0 Å². The van der Waals surface area contributed by atoms with Crippen molar-refractivity contribution in [1.29, 1.82) is 0 Å². The lowest BCUT2D eigenvalue weighted by Crippen LogP contribution is -1.92. The van der Waals surface area contributed by atoms with Crippen LogP contribution in [0.15, 0.2) is 12.1 Å². The Labute approximate surface area is 78.2 Å². The van der Waals surface area contributed by atoms with Crippen molar-refractivity contribution in [2.75, 3.05) is 0 Å². The molecule has 0 spiro atoms. The molecule has 0 N–H and O–H groups in total. The van der Waals surface area contributed by atoms with Gasteiger partial charge >= 0.3 is 0 Å². The van der Waals surface area contributed by atoms with Crippen LogP contribution in [-0.4, -0.2) is 9.55 Å². The number of benzene rings is 1. The third kappa shape index (κ3) is 1.13. The summed E-state index contributed by atoms with van der Waals surface area (Å²) >= 11 is 0. The molecule has 0 fully saturated rings. The quantitative estimate of drug-likeness (QED) is 0.600. The Morgan fingerprint density at radius 3 is 2.54 bits per heavy atom. The van der Waals surface area contributed by atoms with Crippen LogP contribution in [-0.2, 0) is 7.05 Å². The summed E-state index contributed by atoms with van der Waals surface area (Å²) in [5, 5.41) is 0. The van der Waals surface area contributed by atoms with Crippen LogP contribution in [0.4, 0.5) is 0 Å². The molecule has 1 heterocycles. The van der Waals surface area contributed by atoms with Gasteiger partial charge in [0, 0.05) is 7.05 Å². The summed E-state index contributed by atoms with van der Waals surface area (Å²) in [5.41, 5.74) is 4.95. The fraction of sp³-hybridized carbons (Fsp3) is 0.364. The van der Waals surface area contributed by atoms with Crippen LogP contribution in [0.25, 0.3) is 11.0 Å². The normalized spacial score (nSPS) is 11.1. The lowest BCUT2D eigenvalue weighted by Gasteiger charge is -2.01. The average Bonchev–Trinajstić information content (AvgIpc) is 2.27. The molecule has 0 aliphatic carbocycles. The predicted molar refractivity (Wildman–Crippen MR) is 54.9 cm³/mol. The summed E-state index contributed by atoms with van der Waals surface area (Å²) < 4.78 is 2.14. The number of aromatic nitrogens is 2. The molecule has 1 aromatic carbocycles. The first kappa shape index (κ1) is 8.30. The minimum absolute atomic E-state index is 1.07. The first-order valence-electron chi connectivity index (χ1n) is 4.50. The van der Waals surface area contributed by atoms with E-state index in [-0.39, 0.29) is 0 Å². The monoisotopic (exact) mass is 174 g/mol. The van der Waals surface area contributed by atoms with E-state index in [1.165, 1.54) is 16.6 Å². The van der Waals surface area contributed by atoms with Crippen molar-refractivity contribution in [3.05, 3.63) is 29.1 Å². The Morgan fingerprint density at radius 2 is 1.85 bits per heavy atom. The number of nitrogens with zero attached hydrogens (tertiary/aromatic N) is 2. The van der Waals surface area contributed by atoms with Crippen molar-refractivity contribution in [2.45, 2.75) is 20.8 Å². The number of imidazole rings is 1. The number of hydrogen-bond acceptors (Lipinski definition) is 1. The molecule has 68 valence electrons. The van der Waals surface area contributed by atoms with E-state index >= 15 is 0 Å². The SMILES string of the molecule is Cc1cc(C)c2c(c1)nc(C)n2C. The van der Waals surface area contributed by atoms with Gasteiger partial charge in [-0.3, -0.25) is 0 Å². The van der Waals surface area contributed by atoms with E-state index in [0.717, 1.165) is 11.3 Å². The average molecular weight is 174 g/mol. The van der Waals surface area contributed by atoms with Crippen LogP contribution >= 0.6 is 0 Å². The van der Waals surface area contributed by atoms with Gasteiger partial charge in [0.2, 0.25) is 0 Å². The van der Waals surface area contributed by atoms with Crippen LogP contribution in [0.5, 0.6) is 0 Å². The molecule has 0 atom stereocenters. The molecule has 2 aromatic rings. The Balaban J connectivity index is 2.94. The minimum atomic E-state index is 1.07. The number of hydrogen-bond donors (Lipinski definition) is 0. The van der Waals surface area contributed by atoms with E-state index in [4.69, 9.17) is 0 Å². The summed E-state index contributed by atoms with van der Waals surface area (Å²) in [4.78, 5) is 4.50. The van der Waals surface area contributed by atoms with Gasteiger partial charge in [-0.05, 0) is 38.0 Å². The smallest absolute Gasteiger partial charge is 0.106 e. The van der Waals surface area contributed by atoms with Gasteiger partial charge in [-0.25, -0.2) is 4.98 Å². The van der Waals surface area contributed by atoms with Gasteiger partial charge in [0.1, 0.15) is 5.82 Å². The fourth-order valence-corrected chi connectivity index (χ4v) is 1.87. The maximum absolute atomic E-state index is 4.50. The zero-order chi connectivity index (χ0) is 9.59. The number of aryl methyl sites for hydroxylation is 4. The molecule has 13 heavy (non-hydrogen) atoms. The predicted octanol–water partition coefficient (Wildman–Crippen LogP) is 2.50. The van der Waals surface area contributed by atoms with Crippen LogP contribution in [0.2, 0.25) is 0 Å². The van der Waals surface area contributed by atoms with E-state index in [0.29, 0.717) is 0 Å². The lowest BCUT2D eigenvalue weighted by atomic mass is 10.1. The van der Waals surface area contributed by atoms with Gasteiger partial charge in [-0.15, -0.1) is 0 Å². The first-order chi connectivity index (χ1) is 6.09. The largest absolute Gasteiger partial charge is 0.331 e. The van der Waals surface area contributed by atoms with Crippen LogP contribution in [0.1, 0.15) is 17.0 Å². The molecular formula is C11H14N2. The van der Waals surface area contributed by atoms with Crippen molar-refractivity contribution in [3.63, 3.8) is 0 Å². The van der Waals surface area contributed by atoms with Crippen molar-refractivity contribution >= 4 is 11.0 Å². The van der Waals surface area contributed by atoms with Crippen molar-refractivity contribution < 1.29 is 0 Å². The molecule has 0 aliphatic heterocycles. The maximum atomic E-state index is 4.50. The molecule has 2 rings (SSSR count). The highest BCUT2D eigenvalue weighted by atomic mass is 15.0. The molecule has 0 radical (unpaired) electrons. The van der Waals surface area contributed by atoms with E-state index in [1.54, 1.807) is 0 Å². The third-order valence-corrected chi connectivity index (χ3v) is 2.53. The molecule has 0 unspecified atom stereocenters. The fourth-order valence-electron chi connectivity index (χ4n) is 1.87. The highest BCUT2D eigenvalue weighted by Crippen LogP contribution is 2.20. The second-order valence-corrected chi connectivity index (χ2v) is 3.67. The van der Waals surface area contributed by atoms with Crippen molar-refractivity contribution in [1.82, 2.24) is 9.55 Å². The summed E-state index contributed by atoms with van der Waals surface area (Å²) in [7, 11) is 2.06. The highest BCUT2D eigenvalue weighted by molar-refractivity contribution is 5.80. The summed E-state index contributed by atoms with van der Waals surface area (Å²) in [6, 6.07) is 4.33. The molecule has 2 heteroatoms. The maximum Gasteiger partial charge on any atom is 0.106 e. The van der Waals surface area contributed by atoms with Crippen LogP contribution < -0.4 is 0 Å². The Hall–Kier alpha value is -1.31.